The molecule has 2 aromatic rings. The maximum atomic E-state index is 12.2. The minimum Gasteiger partial charge on any atom is -0.481 e. The highest BCUT2D eigenvalue weighted by Gasteiger charge is 2.38. The number of amides is 1. The molecule has 3 rings (SSSR count). The number of carboxylic acid groups (broad SMARTS) is 1. The van der Waals surface area contributed by atoms with E-state index in [1.807, 2.05) is 0 Å². The second-order valence-corrected chi connectivity index (χ2v) is 5.34. The van der Waals surface area contributed by atoms with Crippen molar-refractivity contribution < 1.29 is 14.7 Å². The highest BCUT2D eigenvalue weighted by Crippen LogP contribution is 2.37. The number of hydrogen-bond donors (Lipinski definition) is 2. The lowest BCUT2D eigenvalue weighted by Crippen LogP contribution is -2.41. The molecule has 1 aliphatic rings. The Balaban J connectivity index is 2.11. The lowest BCUT2D eigenvalue weighted by atomic mass is 9.81. The van der Waals surface area contributed by atoms with E-state index < -0.39 is 17.9 Å². The van der Waals surface area contributed by atoms with Crippen LogP contribution in [0, 0.1) is 0 Å². The van der Waals surface area contributed by atoms with E-state index in [-0.39, 0.29) is 5.91 Å². The predicted molar refractivity (Wildman–Crippen MR) is 78.5 cm³/mol. The van der Waals surface area contributed by atoms with E-state index in [1.54, 1.807) is 48.5 Å². The summed E-state index contributed by atoms with van der Waals surface area (Å²) < 4.78 is 0. The molecule has 2 aromatic carbocycles. The van der Waals surface area contributed by atoms with Gasteiger partial charge >= 0.3 is 5.97 Å². The van der Waals surface area contributed by atoms with Crippen LogP contribution < -0.4 is 5.32 Å². The van der Waals surface area contributed by atoms with Crippen molar-refractivity contribution in [2.75, 3.05) is 0 Å². The van der Waals surface area contributed by atoms with E-state index in [9.17, 15) is 14.7 Å². The van der Waals surface area contributed by atoms with Crippen LogP contribution in [-0.4, -0.2) is 17.0 Å². The molecule has 0 aliphatic carbocycles. The summed E-state index contributed by atoms with van der Waals surface area (Å²) in [5, 5.41) is 12.9. The molecule has 0 saturated carbocycles. The molecule has 0 unspecified atom stereocenters. The first-order valence-corrected chi connectivity index (χ1v) is 6.84. The Labute approximate surface area is 126 Å². The Morgan fingerprint density at radius 3 is 2.43 bits per heavy atom. The summed E-state index contributed by atoms with van der Waals surface area (Å²) in [6.45, 7) is 0. The largest absolute Gasteiger partial charge is 0.481 e. The summed E-state index contributed by atoms with van der Waals surface area (Å²) in [5.41, 5.74) is 1.67. The second kappa shape index (κ2) is 5.22. The van der Waals surface area contributed by atoms with Gasteiger partial charge in [0.2, 0.25) is 0 Å². The molecule has 0 aromatic heterocycles. The molecule has 0 saturated heterocycles. The van der Waals surface area contributed by atoms with E-state index in [0.29, 0.717) is 16.1 Å². The fourth-order valence-corrected chi connectivity index (χ4v) is 2.80. The Kier molecular flexibility index (Phi) is 3.39. The first kappa shape index (κ1) is 13.6. The highest BCUT2D eigenvalue weighted by molar-refractivity contribution is 6.30. The molecule has 21 heavy (non-hydrogen) atoms. The summed E-state index contributed by atoms with van der Waals surface area (Å²) >= 11 is 5.86. The Hall–Kier alpha value is -2.33. The van der Waals surface area contributed by atoms with Gasteiger partial charge in [-0.2, -0.15) is 0 Å². The minimum atomic E-state index is -0.970. The van der Waals surface area contributed by atoms with Crippen LogP contribution in [0.15, 0.2) is 48.5 Å². The first-order chi connectivity index (χ1) is 10.1. The standard InChI is InChI=1S/C16H12ClNO3/c17-10-7-5-9(6-8-10)14-13(16(20)21)11-3-1-2-4-12(11)15(19)18-14/h1-8,13-14H,(H,18,19)(H,20,21)/t13-,14+/m1/s1. The fraction of sp³-hybridized carbons (Fsp3) is 0.125. The number of nitrogens with one attached hydrogen (secondary N) is 1. The molecule has 1 amide bonds. The summed E-state index contributed by atoms with van der Waals surface area (Å²) in [6, 6.07) is 13.0. The average molecular weight is 302 g/mol. The zero-order valence-corrected chi connectivity index (χ0v) is 11.7. The Bertz CT molecular complexity index is 712. The van der Waals surface area contributed by atoms with Crippen molar-refractivity contribution in [3.8, 4) is 0 Å². The van der Waals surface area contributed by atoms with E-state index in [0.717, 1.165) is 5.56 Å². The van der Waals surface area contributed by atoms with Crippen LogP contribution in [0.4, 0.5) is 0 Å². The summed E-state index contributed by atoms with van der Waals surface area (Å²) in [4.78, 5) is 23.9. The molecule has 2 atom stereocenters. The van der Waals surface area contributed by atoms with Gasteiger partial charge in [-0.15, -0.1) is 0 Å². The van der Waals surface area contributed by atoms with E-state index in [1.165, 1.54) is 0 Å². The number of carbonyl (C=O) groups excluding carboxylic acids is 1. The summed E-state index contributed by atoms with van der Waals surface area (Å²) in [7, 11) is 0. The van der Waals surface area contributed by atoms with Gasteiger partial charge in [-0.25, -0.2) is 0 Å². The van der Waals surface area contributed by atoms with Gasteiger partial charge in [0.05, 0.1) is 6.04 Å². The number of rotatable bonds is 2. The van der Waals surface area contributed by atoms with E-state index >= 15 is 0 Å². The van der Waals surface area contributed by atoms with Gasteiger partial charge in [-0.05, 0) is 29.3 Å². The zero-order chi connectivity index (χ0) is 15.0. The van der Waals surface area contributed by atoms with Gasteiger partial charge in [-0.3, -0.25) is 9.59 Å². The highest BCUT2D eigenvalue weighted by atomic mass is 35.5. The molecule has 0 bridgehead atoms. The maximum Gasteiger partial charge on any atom is 0.313 e. The van der Waals surface area contributed by atoms with Crippen LogP contribution in [-0.2, 0) is 4.79 Å². The monoisotopic (exact) mass is 301 g/mol. The van der Waals surface area contributed by atoms with Gasteiger partial charge in [0.1, 0.15) is 5.92 Å². The molecular formula is C16H12ClNO3. The molecule has 5 heteroatoms. The van der Waals surface area contributed by atoms with Crippen molar-refractivity contribution in [1.29, 1.82) is 0 Å². The second-order valence-electron chi connectivity index (χ2n) is 4.91. The summed E-state index contributed by atoms with van der Waals surface area (Å²) in [6.07, 6.45) is 0. The van der Waals surface area contributed by atoms with Gasteiger partial charge in [0.15, 0.2) is 0 Å². The van der Waals surface area contributed by atoms with Gasteiger partial charge < -0.3 is 10.4 Å². The van der Waals surface area contributed by atoms with E-state index in [2.05, 4.69) is 5.32 Å². The fourth-order valence-electron chi connectivity index (χ4n) is 2.68. The van der Waals surface area contributed by atoms with Gasteiger partial charge in [-0.1, -0.05) is 41.9 Å². The van der Waals surface area contributed by atoms with Crippen LogP contribution in [0.25, 0.3) is 0 Å². The number of fused-ring (bicyclic) bond motifs is 1. The minimum absolute atomic E-state index is 0.261. The van der Waals surface area contributed by atoms with Crippen LogP contribution >= 0.6 is 11.6 Å². The van der Waals surface area contributed by atoms with Crippen molar-refractivity contribution >= 4 is 23.5 Å². The molecule has 0 fully saturated rings. The van der Waals surface area contributed by atoms with Crippen LogP contribution in [0.3, 0.4) is 0 Å². The Morgan fingerprint density at radius 2 is 1.76 bits per heavy atom. The van der Waals surface area contributed by atoms with Crippen molar-refractivity contribution in [2.24, 2.45) is 0 Å². The van der Waals surface area contributed by atoms with Crippen LogP contribution in [0.2, 0.25) is 5.02 Å². The number of carbonyl (C=O) groups is 2. The number of carboxylic acids is 1. The van der Waals surface area contributed by atoms with Crippen molar-refractivity contribution in [1.82, 2.24) is 5.32 Å². The molecular weight excluding hydrogens is 290 g/mol. The van der Waals surface area contributed by atoms with Crippen molar-refractivity contribution in [3.05, 3.63) is 70.2 Å². The molecule has 0 radical (unpaired) electrons. The number of halogens is 1. The lowest BCUT2D eigenvalue weighted by Gasteiger charge is -2.31. The maximum absolute atomic E-state index is 12.2. The number of hydrogen-bond acceptors (Lipinski definition) is 2. The first-order valence-electron chi connectivity index (χ1n) is 6.46. The average Bonchev–Trinajstić information content (AvgIpc) is 2.47. The quantitative estimate of drug-likeness (QED) is 0.896. The van der Waals surface area contributed by atoms with Crippen LogP contribution in [0.1, 0.15) is 33.4 Å². The van der Waals surface area contributed by atoms with Crippen LogP contribution in [0.5, 0.6) is 0 Å². The molecule has 106 valence electrons. The van der Waals surface area contributed by atoms with Crippen molar-refractivity contribution in [3.63, 3.8) is 0 Å². The third-order valence-corrected chi connectivity index (χ3v) is 3.91. The number of aliphatic carboxylic acids is 1. The predicted octanol–water partition coefficient (Wildman–Crippen LogP) is 2.99. The Morgan fingerprint density at radius 1 is 1.10 bits per heavy atom. The molecule has 1 aliphatic heterocycles. The molecule has 1 heterocycles. The normalized spacial score (nSPS) is 20.5. The zero-order valence-electron chi connectivity index (χ0n) is 10.9. The van der Waals surface area contributed by atoms with Crippen molar-refractivity contribution in [2.45, 2.75) is 12.0 Å². The van der Waals surface area contributed by atoms with E-state index in [4.69, 9.17) is 11.6 Å². The third kappa shape index (κ3) is 2.38. The number of benzene rings is 2. The topological polar surface area (TPSA) is 66.4 Å². The molecule has 2 N–H and O–H groups in total. The van der Waals surface area contributed by atoms with Gasteiger partial charge in [0.25, 0.3) is 5.91 Å². The molecule has 4 nitrogen and oxygen atoms in total. The third-order valence-electron chi connectivity index (χ3n) is 3.66. The lowest BCUT2D eigenvalue weighted by molar-refractivity contribution is -0.139. The molecule has 0 spiro atoms. The van der Waals surface area contributed by atoms with Gasteiger partial charge in [0, 0.05) is 10.6 Å². The SMILES string of the molecule is O=C1N[C@@H](c2ccc(Cl)cc2)[C@H](C(=O)O)c2ccccc21. The smallest absolute Gasteiger partial charge is 0.313 e. The summed E-state index contributed by atoms with van der Waals surface area (Å²) in [5.74, 6) is -2.05.